The number of nitrogens with zero attached hydrogens (tertiary/aromatic N) is 2. The van der Waals surface area contributed by atoms with Crippen LogP contribution >= 0.6 is 0 Å². The second kappa shape index (κ2) is 9.03. The fourth-order valence-corrected chi connectivity index (χ4v) is 3.14. The summed E-state index contributed by atoms with van der Waals surface area (Å²) in [6.07, 6.45) is -0.176. The van der Waals surface area contributed by atoms with E-state index in [2.05, 4.69) is 0 Å². The van der Waals surface area contributed by atoms with Gasteiger partial charge in [0, 0.05) is 19.6 Å². The lowest BCUT2D eigenvalue weighted by atomic mass is 10.0. The molecule has 29 heavy (non-hydrogen) atoms. The number of benzene rings is 1. The number of ether oxygens (including phenoxy) is 2. The number of rotatable bonds is 3. The summed E-state index contributed by atoms with van der Waals surface area (Å²) < 4.78 is 11.1. The minimum absolute atomic E-state index is 0.0137. The summed E-state index contributed by atoms with van der Waals surface area (Å²) in [6.45, 7) is 12.2. The molecule has 0 radical (unpaired) electrons. The van der Waals surface area contributed by atoms with Crippen LogP contribution in [0.3, 0.4) is 0 Å². The van der Waals surface area contributed by atoms with Crippen LogP contribution in [-0.4, -0.2) is 64.0 Å². The van der Waals surface area contributed by atoms with Gasteiger partial charge in [-0.25, -0.2) is 9.59 Å². The summed E-state index contributed by atoms with van der Waals surface area (Å²) in [5.41, 5.74) is 0.686. The van der Waals surface area contributed by atoms with Crippen LogP contribution < -0.4 is 0 Å². The third-order valence-electron chi connectivity index (χ3n) is 4.44. The first kappa shape index (κ1) is 23.0. The molecule has 1 aliphatic heterocycles. The normalized spacial score (nSPS) is 17.8. The molecule has 162 valence electrons. The Kier molecular flexibility index (Phi) is 7.16. The van der Waals surface area contributed by atoms with E-state index in [1.165, 1.54) is 0 Å². The highest BCUT2D eigenvalue weighted by Gasteiger charge is 2.36. The molecule has 0 unspecified atom stereocenters. The molecule has 0 saturated carbocycles. The molecule has 1 atom stereocenters. The van der Waals surface area contributed by atoms with Gasteiger partial charge in [-0.2, -0.15) is 0 Å². The van der Waals surface area contributed by atoms with Gasteiger partial charge in [0.2, 0.25) is 0 Å². The third-order valence-corrected chi connectivity index (χ3v) is 4.44. The topological polar surface area (TPSA) is 79.3 Å². The zero-order chi connectivity index (χ0) is 21.8. The van der Waals surface area contributed by atoms with Gasteiger partial charge < -0.3 is 24.4 Å². The van der Waals surface area contributed by atoms with Gasteiger partial charge in [0.1, 0.15) is 11.2 Å². The molecule has 1 fully saturated rings. The second-order valence-corrected chi connectivity index (χ2v) is 9.43. The summed E-state index contributed by atoms with van der Waals surface area (Å²) in [4.78, 5) is 28.6. The molecule has 0 bridgehead atoms. The van der Waals surface area contributed by atoms with E-state index >= 15 is 0 Å². The van der Waals surface area contributed by atoms with Crippen LogP contribution in [0.2, 0.25) is 0 Å². The van der Waals surface area contributed by atoms with Crippen LogP contribution in [0.15, 0.2) is 24.3 Å². The standard InChI is InChI=1S/C22H34N2O5/c1-21(2,3)28-19(26)23-11-12-24(20(27)29-22(4,5)6)18(14-23)13-16-7-9-17(15-25)10-8-16/h7-10,18,25H,11-15H2,1-6H3/t18-/m1/s1. The van der Waals surface area contributed by atoms with Crippen molar-refractivity contribution in [2.75, 3.05) is 19.6 Å². The van der Waals surface area contributed by atoms with Gasteiger partial charge in [0.15, 0.2) is 0 Å². The van der Waals surface area contributed by atoms with Gasteiger partial charge in [0.05, 0.1) is 12.6 Å². The molecule has 1 aromatic carbocycles. The Hall–Kier alpha value is -2.28. The largest absolute Gasteiger partial charge is 0.444 e. The zero-order valence-electron chi connectivity index (χ0n) is 18.4. The molecule has 2 amide bonds. The molecule has 0 aliphatic carbocycles. The molecule has 0 aromatic heterocycles. The molecular weight excluding hydrogens is 372 g/mol. The maximum Gasteiger partial charge on any atom is 0.410 e. The Morgan fingerprint density at radius 3 is 1.97 bits per heavy atom. The van der Waals surface area contributed by atoms with Crippen LogP contribution in [-0.2, 0) is 22.5 Å². The molecule has 1 aliphatic rings. The van der Waals surface area contributed by atoms with Crippen molar-refractivity contribution in [3.63, 3.8) is 0 Å². The molecule has 1 N–H and O–H groups in total. The quantitative estimate of drug-likeness (QED) is 0.830. The summed E-state index contributed by atoms with van der Waals surface area (Å²) in [7, 11) is 0. The first-order valence-electron chi connectivity index (χ1n) is 10.0. The lowest BCUT2D eigenvalue weighted by Crippen LogP contribution is -2.58. The number of amides is 2. The van der Waals surface area contributed by atoms with Crippen molar-refractivity contribution in [3.05, 3.63) is 35.4 Å². The molecule has 1 saturated heterocycles. The predicted octanol–water partition coefficient (Wildman–Crippen LogP) is 3.58. The molecular formula is C22H34N2O5. The van der Waals surface area contributed by atoms with Crippen molar-refractivity contribution in [1.29, 1.82) is 0 Å². The molecule has 7 nitrogen and oxygen atoms in total. The van der Waals surface area contributed by atoms with Crippen molar-refractivity contribution in [3.8, 4) is 0 Å². The maximum atomic E-state index is 12.8. The van der Waals surface area contributed by atoms with E-state index in [4.69, 9.17) is 9.47 Å². The lowest BCUT2D eigenvalue weighted by Gasteiger charge is -2.42. The molecule has 7 heteroatoms. The van der Waals surface area contributed by atoms with E-state index in [-0.39, 0.29) is 24.8 Å². The number of carbonyl (C=O) groups is 2. The van der Waals surface area contributed by atoms with Crippen LogP contribution in [0.1, 0.15) is 52.7 Å². The van der Waals surface area contributed by atoms with E-state index in [1.807, 2.05) is 65.8 Å². The highest BCUT2D eigenvalue weighted by Crippen LogP contribution is 2.21. The fourth-order valence-electron chi connectivity index (χ4n) is 3.14. The summed E-state index contributed by atoms with van der Waals surface area (Å²) in [5.74, 6) is 0. The highest BCUT2D eigenvalue weighted by atomic mass is 16.6. The first-order valence-corrected chi connectivity index (χ1v) is 10.0. The van der Waals surface area contributed by atoms with E-state index in [1.54, 1.807) is 9.80 Å². The molecule has 1 heterocycles. The van der Waals surface area contributed by atoms with E-state index in [9.17, 15) is 14.7 Å². The van der Waals surface area contributed by atoms with E-state index in [0.29, 0.717) is 26.1 Å². The Labute approximate surface area is 173 Å². The Morgan fingerprint density at radius 1 is 0.931 bits per heavy atom. The van der Waals surface area contributed by atoms with Crippen LogP contribution in [0.25, 0.3) is 0 Å². The van der Waals surface area contributed by atoms with E-state index < -0.39 is 11.2 Å². The number of piperazine rings is 1. The van der Waals surface area contributed by atoms with Gasteiger partial charge in [-0.15, -0.1) is 0 Å². The summed E-state index contributed by atoms with van der Waals surface area (Å²) >= 11 is 0. The summed E-state index contributed by atoms with van der Waals surface area (Å²) in [6, 6.07) is 7.37. The van der Waals surface area contributed by atoms with Gasteiger partial charge in [-0.05, 0) is 59.1 Å². The highest BCUT2D eigenvalue weighted by molar-refractivity contribution is 5.71. The van der Waals surface area contributed by atoms with Gasteiger partial charge in [-0.3, -0.25) is 0 Å². The van der Waals surface area contributed by atoms with Crippen molar-refractivity contribution in [2.45, 2.75) is 71.8 Å². The first-order chi connectivity index (χ1) is 13.4. The third kappa shape index (κ3) is 7.24. The SMILES string of the molecule is CC(C)(C)OC(=O)N1CCN(C(=O)OC(C)(C)C)[C@H](Cc2ccc(CO)cc2)C1. The van der Waals surface area contributed by atoms with Crippen LogP contribution in [0.4, 0.5) is 9.59 Å². The van der Waals surface area contributed by atoms with Crippen molar-refractivity contribution in [1.82, 2.24) is 9.80 Å². The number of aliphatic hydroxyl groups is 1. The smallest absolute Gasteiger partial charge is 0.410 e. The maximum absolute atomic E-state index is 12.8. The Balaban J connectivity index is 2.17. The minimum Gasteiger partial charge on any atom is -0.444 e. The Bertz CT molecular complexity index is 703. The van der Waals surface area contributed by atoms with Gasteiger partial charge in [-0.1, -0.05) is 24.3 Å². The Morgan fingerprint density at radius 2 is 1.45 bits per heavy atom. The average Bonchev–Trinajstić information content (AvgIpc) is 2.59. The molecule has 2 rings (SSSR count). The van der Waals surface area contributed by atoms with Gasteiger partial charge >= 0.3 is 12.2 Å². The average molecular weight is 407 g/mol. The number of hydrogen-bond acceptors (Lipinski definition) is 5. The van der Waals surface area contributed by atoms with Gasteiger partial charge in [0.25, 0.3) is 0 Å². The van der Waals surface area contributed by atoms with Crippen LogP contribution in [0, 0.1) is 0 Å². The minimum atomic E-state index is -0.591. The van der Waals surface area contributed by atoms with Crippen molar-refractivity contribution in [2.24, 2.45) is 0 Å². The van der Waals surface area contributed by atoms with Crippen molar-refractivity contribution >= 4 is 12.2 Å². The van der Waals surface area contributed by atoms with Crippen molar-refractivity contribution < 1.29 is 24.2 Å². The number of aliphatic hydroxyl groups excluding tert-OH is 1. The van der Waals surface area contributed by atoms with E-state index in [0.717, 1.165) is 11.1 Å². The lowest BCUT2D eigenvalue weighted by molar-refractivity contribution is -0.0146. The second-order valence-electron chi connectivity index (χ2n) is 9.43. The zero-order valence-corrected chi connectivity index (χ0v) is 18.4. The monoisotopic (exact) mass is 406 g/mol. The fraction of sp³-hybridized carbons (Fsp3) is 0.636. The summed E-state index contributed by atoms with van der Waals surface area (Å²) in [5, 5.41) is 9.23. The molecule has 1 aromatic rings. The molecule has 0 spiro atoms. The van der Waals surface area contributed by atoms with Crippen LogP contribution in [0.5, 0.6) is 0 Å². The number of carbonyl (C=O) groups excluding carboxylic acids is 2. The predicted molar refractivity (Wildman–Crippen MR) is 111 cm³/mol. The number of hydrogen-bond donors (Lipinski definition) is 1.